The molecule has 0 saturated carbocycles. The summed E-state index contributed by atoms with van der Waals surface area (Å²) in [6.45, 7) is 1.68. The number of carbonyl (C=O) groups is 1. The fourth-order valence-electron chi connectivity index (χ4n) is 1.45. The molecule has 0 radical (unpaired) electrons. The van der Waals surface area contributed by atoms with Gasteiger partial charge in [0.1, 0.15) is 5.92 Å². The molecule has 1 heterocycles. The van der Waals surface area contributed by atoms with Gasteiger partial charge >= 0.3 is 5.97 Å². The van der Waals surface area contributed by atoms with Crippen LogP contribution in [0.3, 0.4) is 0 Å². The van der Waals surface area contributed by atoms with Gasteiger partial charge in [-0.2, -0.15) is 0 Å². The summed E-state index contributed by atoms with van der Waals surface area (Å²) in [7, 11) is 1.45. The van der Waals surface area contributed by atoms with Crippen molar-refractivity contribution in [2.45, 2.75) is 25.4 Å². The number of nitrogens with two attached hydrogens (primary N) is 1. The topological polar surface area (TPSA) is 81.8 Å². The van der Waals surface area contributed by atoms with Gasteiger partial charge in [-0.15, -0.1) is 0 Å². The summed E-state index contributed by atoms with van der Waals surface area (Å²) in [5.74, 6) is -1.61. The third-order valence-corrected chi connectivity index (χ3v) is 2.10. The first-order chi connectivity index (χ1) is 5.57. The van der Waals surface area contributed by atoms with E-state index in [1.807, 2.05) is 0 Å². The summed E-state index contributed by atoms with van der Waals surface area (Å²) in [4.78, 5) is 10.7. The molecule has 1 fully saturated rings. The fourth-order valence-corrected chi connectivity index (χ4v) is 1.45. The van der Waals surface area contributed by atoms with Gasteiger partial charge in [0.25, 0.3) is 0 Å². The Morgan fingerprint density at radius 3 is 2.50 bits per heavy atom. The van der Waals surface area contributed by atoms with Gasteiger partial charge in [-0.3, -0.25) is 4.79 Å². The van der Waals surface area contributed by atoms with Crippen molar-refractivity contribution >= 4 is 5.97 Å². The number of carboxylic acid groups (broad SMARTS) is 1. The molecule has 0 aliphatic carbocycles. The molecule has 4 atom stereocenters. The molecule has 0 amide bonds. The quantitative estimate of drug-likeness (QED) is 0.586. The van der Waals surface area contributed by atoms with Crippen LogP contribution < -0.4 is 5.73 Å². The van der Waals surface area contributed by atoms with Crippen LogP contribution in [0.15, 0.2) is 0 Å². The predicted octanol–water partition coefficient (Wildman–Crippen LogP) is -0.594. The van der Waals surface area contributed by atoms with Crippen molar-refractivity contribution in [1.29, 1.82) is 0 Å². The first-order valence-corrected chi connectivity index (χ1v) is 3.74. The molecule has 12 heavy (non-hydrogen) atoms. The molecule has 0 aromatic heterocycles. The number of rotatable bonds is 2. The minimum Gasteiger partial charge on any atom is -0.481 e. The first kappa shape index (κ1) is 9.44. The molecule has 1 aliphatic rings. The monoisotopic (exact) mass is 175 g/mol. The highest BCUT2D eigenvalue weighted by atomic mass is 16.7. The van der Waals surface area contributed by atoms with Crippen LogP contribution in [0.2, 0.25) is 0 Å². The minimum absolute atomic E-state index is 0.387. The van der Waals surface area contributed by atoms with Crippen molar-refractivity contribution in [3.8, 4) is 0 Å². The molecule has 0 spiro atoms. The van der Waals surface area contributed by atoms with Crippen molar-refractivity contribution in [1.82, 2.24) is 0 Å². The van der Waals surface area contributed by atoms with Crippen molar-refractivity contribution in [2.24, 2.45) is 11.7 Å². The number of aliphatic carboxylic acids is 1. The van der Waals surface area contributed by atoms with Gasteiger partial charge in [0.15, 0.2) is 6.29 Å². The summed E-state index contributed by atoms with van der Waals surface area (Å²) in [6.07, 6.45) is -0.983. The van der Waals surface area contributed by atoms with Crippen molar-refractivity contribution in [2.75, 3.05) is 7.11 Å². The SMILES string of the molecule is CO[C@H]1O[C@H](C)[C@H](C(=O)O)[C@H]1N. The van der Waals surface area contributed by atoms with Crippen LogP contribution in [-0.2, 0) is 14.3 Å². The molecular formula is C7H13NO4. The van der Waals surface area contributed by atoms with Crippen LogP contribution in [0.25, 0.3) is 0 Å². The molecule has 1 saturated heterocycles. The summed E-state index contributed by atoms with van der Waals surface area (Å²) in [5, 5.41) is 8.75. The van der Waals surface area contributed by atoms with Crippen LogP contribution in [0.5, 0.6) is 0 Å². The Balaban J connectivity index is 2.70. The molecule has 0 bridgehead atoms. The molecule has 5 heteroatoms. The summed E-state index contributed by atoms with van der Waals surface area (Å²) in [5.41, 5.74) is 5.59. The van der Waals surface area contributed by atoms with Gasteiger partial charge in [0.2, 0.25) is 0 Å². The molecular weight excluding hydrogens is 162 g/mol. The van der Waals surface area contributed by atoms with E-state index >= 15 is 0 Å². The van der Waals surface area contributed by atoms with Gasteiger partial charge in [-0.05, 0) is 6.92 Å². The predicted molar refractivity (Wildman–Crippen MR) is 40.4 cm³/mol. The number of carboxylic acids is 1. The van der Waals surface area contributed by atoms with Crippen LogP contribution in [0.1, 0.15) is 6.92 Å². The molecule has 3 N–H and O–H groups in total. The molecule has 1 rings (SSSR count). The standard InChI is InChI=1S/C7H13NO4/c1-3-4(6(9)10)5(8)7(11-2)12-3/h3-5,7H,8H2,1-2H3,(H,9,10)/t3-,4+,5-,7+/m1/s1. The highest BCUT2D eigenvalue weighted by Crippen LogP contribution is 2.25. The number of methoxy groups -OCH3 is 1. The lowest BCUT2D eigenvalue weighted by Gasteiger charge is -2.13. The van der Waals surface area contributed by atoms with Gasteiger partial charge in [0, 0.05) is 7.11 Å². The second-order valence-corrected chi connectivity index (χ2v) is 2.89. The Kier molecular flexibility index (Phi) is 2.66. The molecule has 0 aromatic rings. The maximum Gasteiger partial charge on any atom is 0.310 e. The smallest absolute Gasteiger partial charge is 0.310 e. The molecule has 5 nitrogen and oxygen atoms in total. The van der Waals surface area contributed by atoms with E-state index in [1.165, 1.54) is 7.11 Å². The summed E-state index contributed by atoms with van der Waals surface area (Å²) < 4.78 is 10.0. The van der Waals surface area contributed by atoms with E-state index in [0.717, 1.165) is 0 Å². The van der Waals surface area contributed by atoms with Gasteiger partial charge < -0.3 is 20.3 Å². The first-order valence-electron chi connectivity index (χ1n) is 3.74. The van der Waals surface area contributed by atoms with Crippen LogP contribution in [-0.4, -0.2) is 36.6 Å². The average Bonchev–Trinajstić information content (AvgIpc) is 2.25. The van der Waals surface area contributed by atoms with E-state index in [4.69, 9.17) is 20.3 Å². The Labute approximate surface area is 70.4 Å². The zero-order chi connectivity index (χ0) is 9.30. The lowest BCUT2D eigenvalue weighted by atomic mass is 9.98. The van der Waals surface area contributed by atoms with E-state index in [2.05, 4.69) is 0 Å². The van der Waals surface area contributed by atoms with Crippen molar-refractivity contribution < 1.29 is 19.4 Å². The molecule has 0 aromatic carbocycles. The van der Waals surface area contributed by atoms with E-state index in [-0.39, 0.29) is 6.10 Å². The Morgan fingerprint density at radius 2 is 2.25 bits per heavy atom. The Morgan fingerprint density at radius 1 is 1.67 bits per heavy atom. The highest BCUT2D eigenvalue weighted by Gasteiger charge is 2.44. The van der Waals surface area contributed by atoms with E-state index < -0.39 is 24.2 Å². The fraction of sp³-hybridized carbons (Fsp3) is 0.857. The van der Waals surface area contributed by atoms with Crippen molar-refractivity contribution in [3.05, 3.63) is 0 Å². The van der Waals surface area contributed by atoms with Crippen LogP contribution >= 0.6 is 0 Å². The number of hydrogen-bond acceptors (Lipinski definition) is 4. The molecule has 1 aliphatic heterocycles. The zero-order valence-corrected chi connectivity index (χ0v) is 7.06. The molecule has 0 unspecified atom stereocenters. The highest BCUT2D eigenvalue weighted by molar-refractivity contribution is 5.72. The largest absolute Gasteiger partial charge is 0.481 e. The lowest BCUT2D eigenvalue weighted by Crippen LogP contribution is -2.40. The second kappa shape index (κ2) is 3.38. The maximum absolute atomic E-state index is 10.7. The summed E-state index contributed by atoms with van der Waals surface area (Å²) in [6, 6.07) is -0.581. The summed E-state index contributed by atoms with van der Waals surface area (Å²) >= 11 is 0. The van der Waals surface area contributed by atoms with E-state index in [1.54, 1.807) is 6.92 Å². The van der Waals surface area contributed by atoms with Crippen molar-refractivity contribution in [3.63, 3.8) is 0 Å². The number of hydrogen-bond donors (Lipinski definition) is 2. The second-order valence-electron chi connectivity index (χ2n) is 2.89. The Bertz CT molecular complexity index is 184. The normalized spacial score (nSPS) is 41.6. The Hall–Kier alpha value is -0.650. The van der Waals surface area contributed by atoms with E-state index in [0.29, 0.717) is 0 Å². The third-order valence-electron chi connectivity index (χ3n) is 2.10. The average molecular weight is 175 g/mol. The maximum atomic E-state index is 10.7. The van der Waals surface area contributed by atoms with Gasteiger partial charge in [-0.1, -0.05) is 0 Å². The minimum atomic E-state index is -0.936. The zero-order valence-electron chi connectivity index (χ0n) is 7.06. The van der Waals surface area contributed by atoms with Crippen LogP contribution in [0, 0.1) is 5.92 Å². The third kappa shape index (κ3) is 1.43. The van der Waals surface area contributed by atoms with E-state index in [9.17, 15) is 4.79 Å². The van der Waals surface area contributed by atoms with Gasteiger partial charge in [-0.25, -0.2) is 0 Å². The lowest BCUT2D eigenvalue weighted by molar-refractivity contribution is -0.143. The number of ether oxygens (including phenoxy) is 2. The van der Waals surface area contributed by atoms with Gasteiger partial charge in [0.05, 0.1) is 12.1 Å². The molecule has 70 valence electrons. The van der Waals surface area contributed by atoms with Crippen LogP contribution in [0.4, 0.5) is 0 Å².